The van der Waals surface area contributed by atoms with E-state index in [1.165, 1.54) is 15.6 Å². The van der Waals surface area contributed by atoms with Crippen LogP contribution in [0.5, 0.6) is 0 Å². The molecule has 0 radical (unpaired) electrons. The average Bonchev–Trinajstić information content (AvgIpc) is 3.16. The molecule has 1 aromatic rings. The topological polar surface area (TPSA) is 98.3 Å². The molecule has 112 valence electrons. The number of nitrogens with two attached hydrogens (primary N) is 1. The Morgan fingerprint density at radius 2 is 2.05 bits per heavy atom. The van der Waals surface area contributed by atoms with Gasteiger partial charge >= 0.3 is 0 Å². The third-order valence-corrected chi connectivity index (χ3v) is 4.07. The van der Waals surface area contributed by atoms with Crippen molar-refractivity contribution in [3.63, 3.8) is 0 Å². The molecule has 7 heteroatoms. The third kappa shape index (κ3) is 2.81. The lowest BCUT2D eigenvalue weighted by Crippen LogP contribution is -2.46. The summed E-state index contributed by atoms with van der Waals surface area (Å²) in [5, 5.41) is 4.26. The summed E-state index contributed by atoms with van der Waals surface area (Å²) >= 11 is 0. The molecule has 2 aliphatic rings. The Labute approximate surface area is 121 Å². The Hall–Kier alpha value is -2.18. The van der Waals surface area contributed by atoms with Crippen LogP contribution in [0.25, 0.3) is 0 Å². The van der Waals surface area contributed by atoms with Crippen molar-refractivity contribution >= 4 is 11.8 Å². The van der Waals surface area contributed by atoms with Gasteiger partial charge in [0.1, 0.15) is 12.6 Å². The van der Waals surface area contributed by atoms with Crippen molar-refractivity contribution in [2.75, 3.05) is 6.54 Å². The first-order valence-corrected chi connectivity index (χ1v) is 7.23. The number of amides is 2. The zero-order valence-corrected chi connectivity index (χ0v) is 11.7. The van der Waals surface area contributed by atoms with E-state index in [2.05, 4.69) is 5.10 Å². The van der Waals surface area contributed by atoms with E-state index in [4.69, 9.17) is 5.73 Å². The van der Waals surface area contributed by atoms with Crippen LogP contribution >= 0.6 is 0 Å². The fraction of sp³-hybridized carbons (Fsp3) is 0.571. The van der Waals surface area contributed by atoms with Crippen LogP contribution in [-0.2, 0) is 16.1 Å². The van der Waals surface area contributed by atoms with Gasteiger partial charge in [-0.15, -0.1) is 0 Å². The van der Waals surface area contributed by atoms with Crippen molar-refractivity contribution in [1.82, 2.24) is 14.7 Å². The van der Waals surface area contributed by atoms with Gasteiger partial charge in [0.05, 0.1) is 5.69 Å². The molecule has 7 nitrogen and oxygen atoms in total. The molecule has 1 atom stereocenters. The van der Waals surface area contributed by atoms with Gasteiger partial charge in [-0.1, -0.05) is 0 Å². The molecule has 1 saturated heterocycles. The number of primary amides is 1. The third-order valence-electron chi connectivity index (χ3n) is 4.07. The maximum absolute atomic E-state index is 12.3. The molecule has 2 fully saturated rings. The maximum atomic E-state index is 12.3. The highest BCUT2D eigenvalue weighted by molar-refractivity contribution is 5.87. The minimum Gasteiger partial charge on any atom is -0.368 e. The van der Waals surface area contributed by atoms with Gasteiger partial charge in [-0.2, -0.15) is 5.10 Å². The number of aromatic nitrogens is 2. The molecule has 2 amide bonds. The molecule has 1 aliphatic heterocycles. The molecule has 2 N–H and O–H groups in total. The Morgan fingerprint density at radius 1 is 1.29 bits per heavy atom. The predicted molar refractivity (Wildman–Crippen MR) is 74.4 cm³/mol. The zero-order chi connectivity index (χ0) is 15.0. The average molecular weight is 290 g/mol. The van der Waals surface area contributed by atoms with Gasteiger partial charge in [0.2, 0.25) is 11.8 Å². The molecule has 21 heavy (non-hydrogen) atoms. The summed E-state index contributed by atoms with van der Waals surface area (Å²) in [7, 11) is 0. The molecule has 1 aromatic heterocycles. The first-order chi connectivity index (χ1) is 10.1. The first-order valence-electron chi connectivity index (χ1n) is 7.23. The molecule has 0 bridgehead atoms. The van der Waals surface area contributed by atoms with Gasteiger partial charge < -0.3 is 10.6 Å². The van der Waals surface area contributed by atoms with Gasteiger partial charge in [-0.05, 0) is 31.7 Å². The fourth-order valence-corrected chi connectivity index (χ4v) is 2.75. The lowest BCUT2D eigenvalue weighted by atomic mass is 10.2. The minimum atomic E-state index is -0.556. The summed E-state index contributed by atoms with van der Waals surface area (Å²) in [5.74, 6) is -0.358. The van der Waals surface area contributed by atoms with Crippen LogP contribution in [0.2, 0.25) is 0 Å². The number of carbonyl (C=O) groups excluding carboxylic acids is 2. The van der Waals surface area contributed by atoms with E-state index in [1.807, 2.05) is 0 Å². The quantitative estimate of drug-likeness (QED) is 0.815. The van der Waals surface area contributed by atoms with Crippen LogP contribution in [-0.4, -0.2) is 39.1 Å². The molecular formula is C14H18N4O3. The smallest absolute Gasteiger partial charge is 0.267 e. The van der Waals surface area contributed by atoms with E-state index in [-0.39, 0.29) is 18.0 Å². The van der Waals surface area contributed by atoms with Crippen LogP contribution in [0.15, 0.2) is 16.9 Å². The van der Waals surface area contributed by atoms with Crippen molar-refractivity contribution in [3.05, 3.63) is 28.2 Å². The molecule has 0 spiro atoms. The summed E-state index contributed by atoms with van der Waals surface area (Å²) in [6.45, 7) is 0.368. The number of nitrogens with zero attached hydrogens (tertiary/aromatic N) is 3. The summed E-state index contributed by atoms with van der Waals surface area (Å²) in [6, 6.07) is 2.62. The van der Waals surface area contributed by atoms with Gasteiger partial charge in [0.15, 0.2) is 0 Å². The van der Waals surface area contributed by atoms with E-state index >= 15 is 0 Å². The Balaban J connectivity index is 1.76. The van der Waals surface area contributed by atoms with Crippen molar-refractivity contribution in [1.29, 1.82) is 0 Å². The zero-order valence-electron chi connectivity index (χ0n) is 11.7. The fourth-order valence-electron chi connectivity index (χ4n) is 2.75. The minimum absolute atomic E-state index is 0.136. The second kappa shape index (κ2) is 5.31. The van der Waals surface area contributed by atoms with E-state index in [0.717, 1.165) is 25.0 Å². The van der Waals surface area contributed by atoms with Gasteiger partial charge in [-0.3, -0.25) is 14.4 Å². The number of likely N-dealkylation sites (tertiary alicyclic amines) is 1. The Morgan fingerprint density at radius 3 is 2.71 bits per heavy atom. The largest absolute Gasteiger partial charge is 0.368 e. The normalized spacial score (nSPS) is 21.5. The molecule has 1 unspecified atom stereocenters. The highest BCUT2D eigenvalue weighted by Crippen LogP contribution is 2.38. The molecule has 1 aliphatic carbocycles. The summed E-state index contributed by atoms with van der Waals surface area (Å²) in [5.41, 5.74) is 5.86. The van der Waals surface area contributed by atoms with Crippen LogP contribution in [0.4, 0.5) is 0 Å². The van der Waals surface area contributed by atoms with Gasteiger partial charge in [0, 0.05) is 18.5 Å². The lowest BCUT2D eigenvalue weighted by Gasteiger charge is -2.22. The summed E-state index contributed by atoms with van der Waals surface area (Å²) in [6.07, 6.45) is 3.50. The number of hydrogen-bond donors (Lipinski definition) is 1. The van der Waals surface area contributed by atoms with Crippen LogP contribution in [0.3, 0.4) is 0 Å². The van der Waals surface area contributed by atoms with Crippen LogP contribution < -0.4 is 11.3 Å². The maximum Gasteiger partial charge on any atom is 0.267 e. The van der Waals surface area contributed by atoms with Crippen molar-refractivity contribution in [2.45, 2.75) is 44.2 Å². The first kappa shape index (κ1) is 13.8. The summed E-state index contributed by atoms with van der Waals surface area (Å²) in [4.78, 5) is 36.9. The predicted octanol–water partition coefficient (Wildman–Crippen LogP) is -0.403. The number of hydrogen-bond acceptors (Lipinski definition) is 4. The van der Waals surface area contributed by atoms with E-state index in [0.29, 0.717) is 18.9 Å². The summed E-state index contributed by atoms with van der Waals surface area (Å²) < 4.78 is 1.19. The van der Waals surface area contributed by atoms with E-state index < -0.39 is 11.9 Å². The van der Waals surface area contributed by atoms with E-state index in [1.54, 1.807) is 6.07 Å². The Kier molecular flexibility index (Phi) is 3.48. The molecule has 3 rings (SSSR count). The van der Waals surface area contributed by atoms with Crippen molar-refractivity contribution < 1.29 is 9.59 Å². The highest BCUT2D eigenvalue weighted by Gasteiger charge is 2.33. The standard InChI is InChI=1S/C14H18N4O3/c15-14(21)11-2-1-7-17(11)13(20)8-18-12(19)6-5-10(16-18)9-3-4-9/h5-6,9,11H,1-4,7-8H2,(H2,15,21). The molecular weight excluding hydrogens is 272 g/mol. The molecule has 2 heterocycles. The Bertz CT molecular complexity index is 635. The second-order valence-corrected chi connectivity index (χ2v) is 5.68. The monoisotopic (exact) mass is 290 g/mol. The number of rotatable bonds is 4. The van der Waals surface area contributed by atoms with Crippen molar-refractivity contribution in [3.8, 4) is 0 Å². The van der Waals surface area contributed by atoms with Crippen LogP contribution in [0.1, 0.15) is 37.3 Å². The SMILES string of the molecule is NC(=O)C1CCCN1C(=O)Cn1nc(C2CC2)ccc1=O. The second-order valence-electron chi connectivity index (χ2n) is 5.68. The van der Waals surface area contributed by atoms with Gasteiger partial charge in [0.25, 0.3) is 5.56 Å². The lowest BCUT2D eigenvalue weighted by molar-refractivity contribution is -0.138. The number of carbonyl (C=O) groups is 2. The molecule has 1 saturated carbocycles. The highest BCUT2D eigenvalue weighted by atomic mass is 16.2. The van der Waals surface area contributed by atoms with Crippen molar-refractivity contribution in [2.24, 2.45) is 5.73 Å². The van der Waals surface area contributed by atoms with Gasteiger partial charge in [-0.25, -0.2) is 4.68 Å². The molecule has 0 aromatic carbocycles. The van der Waals surface area contributed by atoms with E-state index in [9.17, 15) is 14.4 Å². The van der Waals surface area contributed by atoms with Crippen LogP contribution in [0, 0.1) is 0 Å².